The summed E-state index contributed by atoms with van der Waals surface area (Å²) < 4.78 is 11.4. The van der Waals surface area contributed by atoms with Crippen LogP contribution in [0.15, 0.2) is 0 Å². The average molecular weight is 272 g/mol. The van der Waals surface area contributed by atoms with Crippen LogP contribution in [0.25, 0.3) is 0 Å². The van der Waals surface area contributed by atoms with Crippen molar-refractivity contribution < 1.29 is 9.47 Å². The molecule has 1 heterocycles. The minimum absolute atomic E-state index is 0.438. The molecule has 0 bridgehead atoms. The van der Waals surface area contributed by atoms with E-state index in [0.717, 1.165) is 58.6 Å². The van der Waals surface area contributed by atoms with E-state index in [1.807, 2.05) is 0 Å². The van der Waals surface area contributed by atoms with Crippen LogP contribution in [0.5, 0.6) is 0 Å². The molecule has 114 valence electrons. The highest BCUT2D eigenvalue weighted by atomic mass is 16.5. The number of hydrogen-bond donors (Lipinski definition) is 1. The third-order valence-corrected chi connectivity index (χ3v) is 3.67. The van der Waals surface area contributed by atoms with Gasteiger partial charge in [0.25, 0.3) is 0 Å². The first-order valence-corrected chi connectivity index (χ1v) is 7.99. The first-order valence-electron chi connectivity index (χ1n) is 7.99. The summed E-state index contributed by atoms with van der Waals surface area (Å²) in [5.41, 5.74) is 0. The second kappa shape index (κ2) is 11.6. The summed E-state index contributed by atoms with van der Waals surface area (Å²) in [6.07, 6.45) is 4.83. The standard InChI is InChI=1S/C15H32N2O2/c1-3-15(4-2)19-14-6-13-18-12-5-9-17-10-7-16-8-11-17/h15-16H,3-14H2,1-2H3. The van der Waals surface area contributed by atoms with Crippen molar-refractivity contribution >= 4 is 0 Å². The first-order chi connectivity index (χ1) is 9.36. The monoisotopic (exact) mass is 272 g/mol. The van der Waals surface area contributed by atoms with E-state index in [2.05, 4.69) is 24.1 Å². The third-order valence-electron chi connectivity index (χ3n) is 3.67. The lowest BCUT2D eigenvalue weighted by atomic mass is 10.2. The molecule has 4 heteroatoms. The van der Waals surface area contributed by atoms with Crippen molar-refractivity contribution in [2.45, 2.75) is 45.6 Å². The number of ether oxygens (including phenoxy) is 2. The summed E-state index contributed by atoms with van der Waals surface area (Å²) in [6.45, 7) is 12.7. The Labute approximate surface area is 118 Å². The van der Waals surface area contributed by atoms with Gasteiger partial charge in [0.2, 0.25) is 0 Å². The molecule has 1 aliphatic rings. The lowest BCUT2D eigenvalue weighted by Gasteiger charge is -2.26. The fourth-order valence-corrected chi connectivity index (χ4v) is 2.36. The Kier molecular flexibility index (Phi) is 10.4. The van der Waals surface area contributed by atoms with Crippen molar-refractivity contribution in [3.8, 4) is 0 Å². The maximum absolute atomic E-state index is 5.75. The Balaban J connectivity index is 1.80. The molecule has 1 rings (SSSR count). The van der Waals surface area contributed by atoms with Gasteiger partial charge >= 0.3 is 0 Å². The predicted molar refractivity (Wildman–Crippen MR) is 79.7 cm³/mol. The van der Waals surface area contributed by atoms with Gasteiger partial charge in [0.05, 0.1) is 6.10 Å². The molecule has 0 aromatic rings. The normalized spacial score (nSPS) is 17.2. The molecule has 0 aliphatic carbocycles. The number of nitrogens with zero attached hydrogens (tertiary/aromatic N) is 1. The molecule has 0 atom stereocenters. The molecule has 0 spiro atoms. The molecule has 1 saturated heterocycles. The molecule has 0 saturated carbocycles. The van der Waals surface area contributed by atoms with Gasteiger partial charge in [0, 0.05) is 52.5 Å². The van der Waals surface area contributed by atoms with E-state index >= 15 is 0 Å². The highest BCUT2D eigenvalue weighted by Gasteiger charge is 2.08. The highest BCUT2D eigenvalue weighted by molar-refractivity contribution is 4.66. The Morgan fingerprint density at radius 1 is 1.00 bits per heavy atom. The van der Waals surface area contributed by atoms with Gasteiger partial charge in [-0.25, -0.2) is 0 Å². The van der Waals surface area contributed by atoms with Gasteiger partial charge in [-0.2, -0.15) is 0 Å². The smallest absolute Gasteiger partial charge is 0.0569 e. The van der Waals surface area contributed by atoms with Crippen LogP contribution in [-0.4, -0.2) is 63.5 Å². The molecule has 0 unspecified atom stereocenters. The Morgan fingerprint density at radius 3 is 2.37 bits per heavy atom. The highest BCUT2D eigenvalue weighted by Crippen LogP contribution is 2.03. The van der Waals surface area contributed by atoms with Crippen molar-refractivity contribution in [2.24, 2.45) is 0 Å². The van der Waals surface area contributed by atoms with Gasteiger partial charge in [0.1, 0.15) is 0 Å². The Morgan fingerprint density at radius 2 is 1.68 bits per heavy atom. The van der Waals surface area contributed by atoms with Crippen molar-refractivity contribution in [1.29, 1.82) is 0 Å². The molecule has 1 N–H and O–H groups in total. The van der Waals surface area contributed by atoms with Crippen molar-refractivity contribution in [3.05, 3.63) is 0 Å². The van der Waals surface area contributed by atoms with Crippen LogP contribution in [0.1, 0.15) is 39.5 Å². The summed E-state index contributed by atoms with van der Waals surface area (Å²) in [5.74, 6) is 0. The maximum Gasteiger partial charge on any atom is 0.0569 e. The molecule has 19 heavy (non-hydrogen) atoms. The van der Waals surface area contributed by atoms with Crippen molar-refractivity contribution in [3.63, 3.8) is 0 Å². The molecule has 1 fully saturated rings. The largest absolute Gasteiger partial charge is 0.381 e. The molecule has 4 nitrogen and oxygen atoms in total. The second-order valence-electron chi connectivity index (χ2n) is 5.22. The van der Waals surface area contributed by atoms with Gasteiger partial charge in [-0.3, -0.25) is 0 Å². The summed E-state index contributed by atoms with van der Waals surface area (Å²) >= 11 is 0. The fourth-order valence-electron chi connectivity index (χ4n) is 2.36. The lowest BCUT2D eigenvalue weighted by molar-refractivity contribution is 0.0283. The van der Waals surface area contributed by atoms with E-state index < -0.39 is 0 Å². The van der Waals surface area contributed by atoms with E-state index in [1.165, 1.54) is 19.6 Å². The van der Waals surface area contributed by atoms with Gasteiger partial charge in [-0.1, -0.05) is 13.8 Å². The summed E-state index contributed by atoms with van der Waals surface area (Å²) in [7, 11) is 0. The van der Waals surface area contributed by atoms with Gasteiger partial charge in [0.15, 0.2) is 0 Å². The van der Waals surface area contributed by atoms with Crippen LogP contribution >= 0.6 is 0 Å². The minimum atomic E-state index is 0.438. The quantitative estimate of drug-likeness (QED) is 0.582. The van der Waals surface area contributed by atoms with Crippen LogP contribution in [-0.2, 0) is 9.47 Å². The second-order valence-corrected chi connectivity index (χ2v) is 5.22. The SMILES string of the molecule is CCC(CC)OCCCOCCCN1CCNCC1. The van der Waals surface area contributed by atoms with E-state index in [-0.39, 0.29) is 0 Å². The molecule has 0 amide bonds. The van der Waals surface area contributed by atoms with E-state index in [9.17, 15) is 0 Å². The van der Waals surface area contributed by atoms with Gasteiger partial charge in [-0.15, -0.1) is 0 Å². The summed E-state index contributed by atoms with van der Waals surface area (Å²) in [4.78, 5) is 2.51. The molecule has 0 aromatic heterocycles. The zero-order valence-corrected chi connectivity index (χ0v) is 12.8. The Bertz CT molecular complexity index is 193. The van der Waals surface area contributed by atoms with Crippen LogP contribution in [0.3, 0.4) is 0 Å². The number of rotatable bonds is 11. The Hall–Kier alpha value is -0.160. The number of hydrogen-bond acceptors (Lipinski definition) is 4. The van der Waals surface area contributed by atoms with E-state index in [0.29, 0.717) is 6.10 Å². The van der Waals surface area contributed by atoms with Gasteiger partial charge < -0.3 is 19.7 Å². The molecule has 1 aliphatic heterocycles. The third kappa shape index (κ3) is 8.58. The minimum Gasteiger partial charge on any atom is -0.381 e. The number of piperazine rings is 1. The van der Waals surface area contributed by atoms with Crippen LogP contribution in [0.4, 0.5) is 0 Å². The zero-order chi connectivity index (χ0) is 13.8. The summed E-state index contributed by atoms with van der Waals surface area (Å²) in [5, 5.41) is 3.37. The average Bonchev–Trinajstić information content (AvgIpc) is 2.47. The number of nitrogens with one attached hydrogen (secondary N) is 1. The fraction of sp³-hybridized carbons (Fsp3) is 1.00. The zero-order valence-electron chi connectivity index (χ0n) is 12.8. The van der Waals surface area contributed by atoms with E-state index in [4.69, 9.17) is 9.47 Å². The van der Waals surface area contributed by atoms with Crippen molar-refractivity contribution in [1.82, 2.24) is 10.2 Å². The van der Waals surface area contributed by atoms with Crippen molar-refractivity contribution in [2.75, 3.05) is 52.5 Å². The lowest BCUT2D eigenvalue weighted by Crippen LogP contribution is -2.43. The molecular weight excluding hydrogens is 240 g/mol. The molecular formula is C15H32N2O2. The van der Waals surface area contributed by atoms with Gasteiger partial charge in [-0.05, 0) is 25.7 Å². The molecule has 0 radical (unpaired) electrons. The summed E-state index contributed by atoms with van der Waals surface area (Å²) in [6, 6.07) is 0. The topological polar surface area (TPSA) is 33.7 Å². The predicted octanol–water partition coefficient (Wildman–Crippen LogP) is 1.89. The first kappa shape index (κ1) is 16.9. The van der Waals surface area contributed by atoms with E-state index in [1.54, 1.807) is 0 Å². The van der Waals surface area contributed by atoms with Crippen LogP contribution < -0.4 is 5.32 Å². The molecule has 0 aromatic carbocycles. The maximum atomic E-state index is 5.75. The van der Waals surface area contributed by atoms with Crippen LogP contribution in [0, 0.1) is 0 Å². The van der Waals surface area contributed by atoms with Crippen LogP contribution in [0.2, 0.25) is 0 Å².